The molecule has 3 heteroatoms. The zero-order valence-corrected chi connectivity index (χ0v) is 11.3. The van der Waals surface area contributed by atoms with Crippen LogP contribution in [0.5, 0.6) is 5.75 Å². The summed E-state index contributed by atoms with van der Waals surface area (Å²) < 4.78 is 5.69. The van der Waals surface area contributed by atoms with Gasteiger partial charge in [-0.15, -0.1) is 0 Å². The van der Waals surface area contributed by atoms with E-state index >= 15 is 0 Å². The molecular formula is C15H24N2O. The summed E-state index contributed by atoms with van der Waals surface area (Å²) in [5.41, 5.74) is 6.47. The van der Waals surface area contributed by atoms with Gasteiger partial charge in [0.2, 0.25) is 0 Å². The maximum atomic E-state index is 5.70. The first-order chi connectivity index (χ1) is 8.78. The van der Waals surface area contributed by atoms with E-state index < -0.39 is 0 Å². The Labute approximate surface area is 110 Å². The standard InChI is InChI=1S/C15H24N2O/c1-2-13-7-9-17(12-13)8-4-10-18-15-6-3-5-14(16)11-15/h3,5-6,11,13H,2,4,7-10,12,16H2,1H3. The monoisotopic (exact) mass is 248 g/mol. The molecule has 0 aromatic heterocycles. The molecule has 0 radical (unpaired) electrons. The molecule has 0 spiro atoms. The Morgan fingerprint density at radius 1 is 1.44 bits per heavy atom. The Hall–Kier alpha value is -1.22. The molecule has 2 rings (SSSR count). The SMILES string of the molecule is CCC1CCN(CCCOc2cccc(N)c2)C1. The Bertz CT molecular complexity index is 367. The quantitative estimate of drug-likeness (QED) is 0.621. The highest BCUT2D eigenvalue weighted by Crippen LogP contribution is 2.19. The molecule has 2 N–H and O–H groups in total. The van der Waals surface area contributed by atoms with E-state index in [0.29, 0.717) is 0 Å². The lowest BCUT2D eigenvalue weighted by Crippen LogP contribution is -2.23. The van der Waals surface area contributed by atoms with E-state index in [1.165, 1.54) is 25.9 Å². The van der Waals surface area contributed by atoms with Crippen molar-refractivity contribution in [2.75, 3.05) is 32.0 Å². The highest BCUT2D eigenvalue weighted by atomic mass is 16.5. The molecule has 1 aromatic rings. The number of ether oxygens (including phenoxy) is 1. The van der Waals surface area contributed by atoms with Crippen molar-refractivity contribution in [3.05, 3.63) is 24.3 Å². The first-order valence-corrected chi connectivity index (χ1v) is 6.98. The third-order valence-electron chi connectivity index (χ3n) is 3.69. The number of anilines is 1. The van der Waals surface area contributed by atoms with Gasteiger partial charge in [-0.25, -0.2) is 0 Å². The predicted octanol–water partition coefficient (Wildman–Crippen LogP) is 2.77. The molecule has 100 valence electrons. The number of nitrogens with two attached hydrogens (primary N) is 1. The lowest BCUT2D eigenvalue weighted by molar-refractivity contribution is 0.258. The average molecular weight is 248 g/mol. The predicted molar refractivity (Wildman–Crippen MR) is 75.8 cm³/mol. The summed E-state index contributed by atoms with van der Waals surface area (Å²) in [6, 6.07) is 7.64. The zero-order valence-electron chi connectivity index (χ0n) is 11.3. The van der Waals surface area contributed by atoms with E-state index in [4.69, 9.17) is 10.5 Å². The Balaban J connectivity index is 1.62. The van der Waals surface area contributed by atoms with E-state index in [1.807, 2.05) is 24.3 Å². The van der Waals surface area contributed by atoms with Crippen LogP contribution in [-0.2, 0) is 0 Å². The van der Waals surface area contributed by atoms with Gasteiger partial charge in [-0.3, -0.25) is 0 Å². The van der Waals surface area contributed by atoms with Gasteiger partial charge in [0.15, 0.2) is 0 Å². The van der Waals surface area contributed by atoms with Gasteiger partial charge in [0.1, 0.15) is 5.75 Å². The molecule has 3 nitrogen and oxygen atoms in total. The minimum atomic E-state index is 0.762. The van der Waals surface area contributed by atoms with Crippen molar-refractivity contribution in [3.63, 3.8) is 0 Å². The molecule has 18 heavy (non-hydrogen) atoms. The van der Waals surface area contributed by atoms with Crippen LogP contribution in [0.3, 0.4) is 0 Å². The molecule has 1 unspecified atom stereocenters. The largest absolute Gasteiger partial charge is 0.493 e. The number of hydrogen-bond acceptors (Lipinski definition) is 3. The van der Waals surface area contributed by atoms with E-state index in [-0.39, 0.29) is 0 Å². The summed E-state index contributed by atoms with van der Waals surface area (Å²) in [7, 11) is 0. The van der Waals surface area contributed by atoms with Crippen LogP contribution in [0.4, 0.5) is 5.69 Å². The zero-order chi connectivity index (χ0) is 12.8. The van der Waals surface area contributed by atoms with Crippen LogP contribution in [-0.4, -0.2) is 31.1 Å². The van der Waals surface area contributed by atoms with Crippen molar-refractivity contribution < 1.29 is 4.74 Å². The van der Waals surface area contributed by atoms with Crippen LogP contribution in [0.15, 0.2) is 24.3 Å². The minimum Gasteiger partial charge on any atom is -0.493 e. The molecule has 1 atom stereocenters. The molecular weight excluding hydrogens is 224 g/mol. The van der Waals surface area contributed by atoms with Gasteiger partial charge in [0, 0.05) is 24.8 Å². The number of nitrogens with zero attached hydrogens (tertiary/aromatic N) is 1. The summed E-state index contributed by atoms with van der Waals surface area (Å²) >= 11 is 0. The van der Waals surface area contributed by atoms with E-state index in [0.717, 1.165) is 36.9 Å². The molecule has 1 aliphatic heterocycles. The second-order valence-electron chi connectivity index (χ2n) is 5.14. The van der Waals surface area contributed by atoms with Crippen molar-refractivity contribution in [2.24, 2.45) is 5.92 Å². The fraction of sp³-hybridized carbons (Fsp3) is 0.600. The van der Waals surface area contributed by atoms with Crippen LogP contribution < -0.4 is 10.5 Å². The topological polar surface area (TPSA) is 38.5 Å². The Morgan fingerprint density at radius 2 is 2.33 bits per heavy atom. The smallest absolute Gasteiger partial charge is 0.121 e. The van der Waals surface area contributed by atoms with Gasteiger partial charge in [0.05, 0.1) is 6.61 Å². The minimum absolute atomic E-state index is 0.762. The van der Waals surface area contributed by atoms with Crippen LogP contribution in [0.2, 0.25) is 0 Å². The Morgan fingerprint density at radius 3 is 3.06 bits per heavy atom. The number of likely N-dealkylation sites (tertiary alicyclic amines) is 1. The van der Waals surface area contributed by atoms with Gasteiger partial charge < -0.3 is 15.4 Å². The van der Waals surface area contributed by atoms with Crippen molar-refractivity contribution >= 4 is 5.69 Å². The molecule has 1 heterocycles. The summed E-state index contributed by atoms with van der Waals surface area (Å²) in [5.74, 6) is 1.79. The van der Waals surface area contributed by atoms with Crippen molar-refractivity contribution in [1.82, 2.24) is 4.90 Å². The maximum Gasteiger partial charge on any atom is 0.121 e. The molecule has 0 saturated carbocycles. The van der Waals surface area contributed by atoms with Crippen LogP contribution in [0.25, 0.3) is 0 Å². The molecule has 1 saturated heterocycles. The maximum absolute atomic E-state index is 5.70. The summed E-state index contributed by atoms with van der Waals surface area (Å²) in [6.07, 6.45) is 3.77. The Kier molecular flexibility index (Phi) is 4.88. The highest BCUT2D eigenvalue weighted by Gasteiger charge is 2.19. The molecule has 1 aliphatic rings. The van der Waals surface area contributed by atoms with Crippen LogP contribution >= 0.6 is 0 Å². The molecule has 1 fully saturated rings. The molecule has 0 aliphatic carbocycles. The fourth-order valence-electron chi connectivity index (χ4n) is 2.53. The summed E-state index contributed by atoms with van der Waals surface area (Å²) in [6.45, 7) is 6.75. The molecule has 0 amide bonds. The lowest BCUT2D eigenvalue weighted by Gasteiger charge is -2.15. The van der Waals surface area contributed by atoms with E-state index in [9.17, 15) is 0 Å². The second kappa shape index (κ2) is 6.64. The number of benzene rings is 1. The number of hydrogen-bond donors (Lipinski definition) is 1. The van der Waals surface area contributed by atoms with E-state index in [1.54, 1.807) is 0 Å². The van der Waals surface area contributed by atoms with Gasteiger partial charge in [-0.1, -0.05) is 19.4 Å². The van der Waals surface area contributed by atoms with Crippen molar-refractivity contribution in [1.29, 1.82) is 0 Å². The normalized spacial score (nSPS) is 20.2. The van der Waals surface area contributed by atoms with E-state index in [2.05, 4.69) is 11.8 Å². The third kappa shape index (κ3) is 3.91. The summed E-state index contributed by atoms with van der Waals surface area (Å²) in [5, 5.41) is 0. The average Bonchev–Trinajstić information content (AvgIpc) is 2.83. The number of rotatable bonds is 6. The summed E-state index contributed by atoms with van der Waals surface area (Å²) in [4.78, 5) is 2.55. The molecule has 1 aromatic carbocycles. The van der Waals surface area contributed by atoms with Crippen LogP contribution in [0.1, 0.15) is 26.2 Å². The van der Waals surface area contributed by atoms with Gasteiger partial charge in [-0.2, -0.15) is 0 Å². The first kappa shape index (κ1) is 13.2. The highest BCUT2D eigenvalue weighted by molar-refractivity contribution is 5.43. The fourth-order valence-corrected chi connectivity index (χ4v) is 2.53. The van der Waals surface area contributed by atoms with Crippen LogP contribution in [0, 0.1) is 5.92 Å². The molecule has 0 bridgehead atoms. The van der Waals surface area contributed by atoms with Gasteiger partial charge >= 0.3 is 0 Å². The third-order valence-corrected chi connectivity index (χ3v) is 3.69. The lowest BCUT2D eigenvalue weighted by atomic mass is 10.1. The first-order valence-electron chi connectivity index (χ1n) is 6.98. The van der Waals surface area contributed by atoms with Gasteiger partial charge in [-0.05, 0) is 37.4 Å². The van der Waals surface area contributed by atoms with Crippen molar-refractivity contribution in [2.45, 2.75) is 26.2 Å². The second-order valence-corrected chi connectivity index (χ2v) is 5.14. The number of nitrogen functional groups attached to an aromatic ring is 1. The van der Waals surface area contributed by atoms with Gasteiger partial charge in [0.25, 0.3) is 0 Å². The van der Waals surface area contributed by atoms with Crippen molar-refractivity contribution in [3.8, 4) is 5.75 Å².